The van der Waals surface area contributed by atoms with Gasteiger partial charge in [-0.2, -0.15) is 0 Å². The molecule has 1 N–H and O–H groups in total. The van der Waals surface area contributed by atoms with Gasteiger partial charge < -0.3 is 19.5 Å². The van der Waals surface area contributed by atoms with E-state index in [-0.39, 0.29) is 37.6 Å². The highest BCUT2D eigenvalue weighted by Gasteiger charge is 2.19. The number of carbonyl (C=O) groups is 2. The summed E-state index contributed by atoms with van der Waals surface area (Å²) in [6.07, 6.45) is 2.55. The Morgan fingerprint density at radius 1 is 1.40 bits per heavy atom. The summed E-state index contributed by atoms with van der Waals surface area (Å²) in [5.74, 6) is -1.03. The van der Waals surface area contributed by atoms with Crippen LogP contribution in [-0.4, -0.2) is 60.3 Å². The highest BCUT2D eigenvalue weighted by molar-refractivity contribution is 5.96. The minimum atomic E-state index is -0.495. The zero-order valence-electron chi connectivity index (χ0n) is 11.5. The lowest BCUT2D eigenvalue weighted by molar-refractivity contribution is -0.143. The van der Waals surface area contributed by atoms with Crippen LogP contribution in [0.2, 0.25) is 0 Å². The van der Waals surface area contributed by atoms with Crippen LogP contribution in [0.3, 0.4) is 0 Å². The van der Waals surface area contributed by atoms with Gasteiger partial charge in [0.25, 0.3) is 5.91 Å². The lowest BCUT2D eigenvalue weighted by Crippen LogP contribution is -2.38. The molecule has 1 aromatic rings. The number of carbonyl (C=O) groups excluding carboxylic acids is 2. The minimum Gasteiger partial charge on any atom is -0.506 e. The number of aromatic nitrogens is 1. The van der Waals surface area contributed by atoms with Crippen LogP contribution in [0.15, 0.2) is 18.5 Å². The van der Waals surface area contributed by atoms with Crippen LogP contribution >= 0.6 is 0 Å². The first kappa shape index (κ1) is 15.9. The van der Waals surface area contributed by atoms with Gasteiger partial charge in [0.05, 0.1) is 25.0 Å². The van der Waals surface area contributed by atoms with E-state index in [1.165, 1.54) is 30.5 Å². The zero-order valence-corrected chi connectivity index (χ0v) is 11.5. The van der Waals surface area contributed by atoms with Crippen LogP contribution in [0.25, 0.3) is 0 Å². The van der Waals surface area contributed by atoms with E-state index >= 15 is 0 Å². The summed E-state index contributed by atoms with van der Waals surface area (Å²) < 4.78 is 9.74. The van der Waals surface area contributed by atoms with Gasteiger partial charge in [-0.3, -0.25) is 14.6 Å². The second-order valence-corrected chi connectivity index (χ2v) is 3.96. The second-order valence-electron chi connectivity index (χ2n) is 3.96. The highest BCUT2D eigenvalue weighted by Crippen LogP contribution is 2.11. The smallest absolute Gasteiger partial charge is 0.325 e. The van der Waals surface area contributed by atoms with Gasteiger partial charge in [0.1, 0.15) is 12.3 Å². The molecule has 1 aromatic heterocycles. The Hall–Kier alpha value is -2.15. The molecule has 110 valence electrons. The van der Waals surface area contributed by atoms with Gasteiger partial charge >= 0.3 is 5.97 Å². The molecule has 0 fully saturated rings. The molecule has 0 atom stereocenters. The zero-order chi connectivity index (χ0) is 15.0. The number of hydrogen-bond acceptors (Lipinski definition) is 6. The van der Waals surface area contributed by atoms with E-state index in [0.717, 1.165) is 0 Å². The molecule has 1 rings (SSSR count). The molecular formula is C13H18N2O5. The third-order valence-corrected chi connectivity index (χ3v) is 2.45. The summed E-state index contributed by atoms with van der Waals surface area (Å²) in [7, 11) is 1.50. The molecular weight excluding hydrogens is 264 g/mol. The van der Waals surface area contributed by atoms with Crippen LogP contribution in [0, 0.1) is 0 Å². The van der Waals surface area contributed by atoms with Crippen molar-refractivity contribution in [2.75, 3.05) is 33.4 Å². The van der Waals surface area contributed by atoms with Gasteiger partial charge in [-0.05, 0) is 13.0 Å². The quantitative estimate of drug-likeness (QED) is 0.730. The number of methoxy groups -OCH3 is 1. The fourth-order valence-corrected chi connectivity index (χ4v) is 1.54. The number of aromatic hydroxyl groups is 1. The average molecular weight is 282 g/mol. The Bertz CT molecular complexity index is 464. The average Bonchev–Trinajstić information content (AvgIpc) is 2.43. The van der Waals surface area contributed by atoms with Crippen LogP contribution in [0.4, 0.5) is 0 Å². The maximum atomic E-state index is 12.3. The van der Waals surface area contributed by atoms with E-state index in [9.17, 15) is 14.7 Å². The van der Waals surface area contributed by atoms with Crippen LogP contribution in [-0.2, 0) is 14.3 Å². The summed E-state index contributed by atoms with van der Waals surface area (Å²) in [6.45, 7) is 2.30. The summed E-state index contributed by atoms with van der Waals surface area (Å²) in [5, 5.41) is 9.34. The lowest BCUT2D eigenvalue weighted by Gasteiger charge is -2.21. The van der Waals surface area contributed by atoms with Crippen molar-refractivity contribution < 1.29 is 24.2 Å². The highest BCUT2D eigenvalue weighted by atomic mass is 16.5. The molecule has 0 saturated carbocycles. The molecule has 0 unspecified atom stereocenters. The predicted octanol–water partition coefficient (Wildman–Crippen LogP) is 0.439. The van der Waals surface area contributed by atoms with E-state index in [2.05, 4.69) is 4.98 Å². The molecule has 7 nitrogen and oxygen atoms in total. The van der Waals surface area contributed by atoms with E-state index < -0.39 is 11.9 Å². The number of ether oxygens (including phenoxy) is 2. The van der Waals surface area contributed by atoms with Crippen LogP contribution in [0.5, 0.6) is 5.75 Å². The van der Waals surface area contributed by atoms with E-state index in [4.69, 9.17) is 9.47 Å². The van der Waals surface area contributed by atoms with Gasteiger partial charge in [0, 0.05) is 19.9 Å². The largest absolute Gasteiger partial charge is 0.506 e. The number of rotatable bonds is 7. The van der Waals surface area contributed by atoms with Crippen molar-refractivity contribution in [3.63, 3.8) is 0 Å². The van der Waals surface area contributed by atoms with Crippen molar-refractivity contribution in [1.82, 2.24) is 9.88 Å². The van der Waals surface area contributed by atoms with Crippen molar-refractivity contribution in [3.05, 3.63) is 24.0 Å². The molecule has 7 heteroatoms. The molecule has 0 aliphatic heterocycles. The molecule has 0 radical (unpaired) electrons. The van der Waals surface area contributed by atoms with Gasteiger partial charge in [-0.1, -0.05) is 0 Å². The maximum absolute atomic E-state index is 12.3. The van der Waals surface area contributed by atoms with Crippen LogP contribution in [0.1, 0.15) is 17.3 Å². The van der Waals surface area contributed by atoms with Crippen LogP contribution < -0.4 is 0 Å². The number of amides is 1. The fraction of sp³-hybridized carbons (Fsp3) is 0.462. The maximum Gasteiger partial charge on any atom is 0.325 e. The second kappa shape index (κ2) is 8.11. The molecule has 20 heavy (non-hydrogen) atoms. The molecule has 0 aliphatic carbocycles. The summed E-state index contributed by atoms with van der Waals surface area (Å²) in [4.78, 5) is 28.8. The van der Waals surface area contributed by atoms with E-state index in [0.29, 0.717) is 0 Å². The van der Waals surface area contributed by atoms with E-state index in [1.54, 1.807) is 6.92 Å². The van der Waals surface area contributed by atoms with Gasteiger partial charge in [-0.25, -0.2) is 0 Å². The Labute approximate surface area is 117 Å². The lowest BCUT2D eigenvalue weighted by atomic mass is 10.2. The molecule has 0 saturated heterocycles. The van der Waals surface area contributed by atoms with Crippen molar-refractivity contribution in [1.29, 1.82) is 0 Å². The predicted molar refractivity (Wildman–Crippen MR) is 70.3 cm³/mol. The van der Waals surface area contributed by atoms with Gasteiger partial charge in [-0.15, -0.1) is 0 Å². The Morgan fingerprint density at radius 3 is 2.75 bits per heavy atom. The summed E-state index contributed by atoms with van der Waals surface area (Å²) in [6, 6.07) is 1.29. The Kier molecular flexibility index (Phi) is 6.45. The topological polar surface area (TPSA) is 89.0 Å². The Morgan fingerprint density at radius 2 is 2.15 bits per heavy atom. The third kappa shape index (κ3) is 4.85. The van der Waals surface area contributed by atoms with Gasteiger partial charge in [0.15, 0.2) is 0 Å². The normalized spacial score (nSPS) is 10.1. The number of pyridine rings is 1. The number of esters is 1. The van der Waals surface area contributed by atoms with Crippen molar-refractivity contribution in [2.24, 2.45) is 0 Å². The first-order valence-electron chi connectivity index (χ1n) is 6.16. The molecule has 0 aromatic carbocycles. The monoisotopic (exact) mass is 282 g/mol. The molecule has 0 bridgehead atoms. The first-order chi connectivity index (χ1) is 9.58. The summed E-state index contributed by atoms with van der Waals surface area (Å²) in [5.41, 5.74) is 0.199. The molecule has 0 spiro atoms. The molecule has 0 aliphatic rings. The van der Waals surface area contributed by atoms with Gasteiger partial charge in [0.2, 0.25) is 0 Å². The van der Waals surface area contributed by atoms with Crippen molar-refractivity contribution >= 4 is 11.9 Å². The standard InChI is InChI=1S/C13H18N2O5/c1-3-20-12(17)9-15(4-5-19-2)13(18)10-6-11(16)8-14-7-10/h6-8,16H,3-5,9H2,1-2H3. The number of hydrogen-bond donors (Lipinski definition) is 1. The Balaban J connectivity index is 2.80. The third-order valence-electron chi connectivity index (χ3n) is 2.45. The number of nitrogens with zero attached hydrogens (tertiary/aromatic N) is 2. The fourth-order valence-electron chi connectivity index (χ4n) is 1.54. The van der Waals surface area contributed by atoms with Crippen molar-refractivity contribution in [2.45, 2.75) is 6.92 Å². The van der Waals surface area contributed by atoms with E-state index in [1.807, 2.05) is 0 Å². The molecule has 1 heterocycles. The SMILES string of the molecule is CCOC(=O)CN(CCOC)C(=O)c1cncc(O)c1. The van der Waals surface area contributed by atoms with Crippen molar-refractivity contribution in [3.8, 4) is 5.75 Å². The summed E-state index contributed by atoms with van der Waals surface area (Å²) >= 11 is 0. The minimum absolute atomic E-state index is 0.112. The molecule has 1 amide bonds. The first-order valence-corrected chi connectivity index (χ1v) is 6.16.